The number of Topliss-reactive ketones (excluding diaryl/α,β-unsaturated/α-hetero) is 1. The SMILES string of the molecule is CCOC(=O)C(=O)c1csc(=NC(=O)OC(C)(C)C)n1C(=O)O. The van der Waals surface area contributed by atoms with Gasteiger partial charge in [0.15, 0.2) is 0 Å². The minimum Gasteiger partial charge on any atom is -0.464 e. The molecule has 0 radical (unpaired) electrons. The van der Waals surface area contributed by atoms with Crippen molar-refractivity contribution in [3.8, 4) is 0 Å². The van der Waals surface area contributed by atoms with Crippen LogP contribution in [0.2, 0.25) is 0 Å². The number of hydrogen-bond acceptors (Lipinski definition) is 7. The van der Waals surface area contributed by atoms with E-state index in [1.165, 1.54) is 6.92 Å². The molecule has 1 N–H and O–H groups in total. The predicted molar refractivity (Wildman–Crippen MR) is 78.5 cm³/mol. The van der Waals surface area contributed by atoms with Gasteiger partial charge in [-0.25, -0.2) is 19.0 Å². The lowest BCUT2D eigenvalue weighted by molar-refractivity contribution is -0.137. The second kappa shape index (κ2) is 7.18. The van der Waals surface area contributed by atoms with Gasteiger partial charge in [-0.05, 0) is 27.7 Å². The molecule has 0 aliphatic rings. The maximum Gasteiger partial charge on any atom is 0.436 e. The summed E-state index contributed by atoms with van der Waals surface area (Å²) in [5.74, 6) is -2.33. The highest BCUT2D eigenvalue weighted by Gasteiger charge is 2.26. The number of aromatic nitrogens is 1. The smallest absolute Gasteiger partial charge is 0.436 e. The van der Waals surface area contributed by atoms with E-state index in [1.807, 2.05) is 0 Å². The molecule has 126 valence electrons. The van der Waals surface area contributed by atoms with Gasteiger partial charge in [0.1, 0.15) is 11.3 Å². The molecule has 10 heteroatoms. The van der Waals surface area contributed by atoms with E-state index in [9.17, 15) is 24.3 Å². The topological polar surface area (TPSA) is 124 Å². The standard InChI is InChI=1S/C13H16N2O7S/c1-5-21-9(17)8(16)7-6-23-10(15(7)12(19)20)14-11(18)22-13(2,3)4/h6H,5H2,1-4H3,(H,19,20). The Hall–Kier alpha value is -2.49. The van der Waals surface area contributed by atoms with Crippen LogP contribution in [-0.4, -0.2) is 45.8 Å². The van der Waals surface area contributed by atoms with Gasteiger partial charge in [-0.15, -0.1) is 16.3 Å². The fourth-order valence-electron chi connectivity index (χ4n) is 1.40. The minimum atomic E-state index is -1.57. The molecule has 0 bridgehead atoms. The second-order valence-corrected chi connectivity index (χ2v) is 6.00. The van der Waals surface area contributed by atoms with Gasteiger partial charge in [0.05, 0.1) is 6.61 Å². The largest absolute Gasteiger partial charge is 0.464 e. The Kier molecular flexibility index (Phi) is 5.79. The number of thiazole rings is 1. The molecule has 0 aromatic carbocycles. The number of ketones is 1. The first-order chi connectivity index (χ1) is 10.6. The Morgan fingerprint density at radius 3 is 2.39 bits per heavy atom. The summed E-state index contributed by atoms with van der Waals surface area (Å²) < 4.78 is 9.93. The zero-order chi connectivity index (χ0) is 17.8. The van der Waals surface area contributed by atoms with Crippen molar-refractivity contribution >= 4 is 35.3 Å². The molecule has 1 aromatic rings. The first-order valence-corrected chi connectivity index (χ1v) is 7.37. The first-order valence-electron chi connectivity index (χ1n) is 6.49. The molecule has 1 heterocycles. The molecule has 1 aromatic heterocycles. The molecule has 0 fully saturated rings. The van der Waals surface area contributed by atoms with E-state index in [4.69, 9.17) is 4.74 Å². The summed E-state index contributed by atoms with van der Waals surface area (Å²) in [5.41, 5.74) is -1.27. The van der Waals surface area contributed by atoms with Crippen LogP contribution in [-0.2, 0) is 14.3 Å². The number of amides is 1. The fourth-order valence-corrected chi connectivity index (χ4v) is 2.24. The quantitative estimate of drug-likeness (QED) is 0.502. The third-order valence-electron chi connectivity index (χ3n) is 2.17. The highest BCUT2D eigenvalue weighted by Crippen LogP contribution is 2.09. The summed E-state index contributed by atoms with van der Waals surface area (Å²) in [5, 5.41) is 10.3. The van der Waals surface area contributed by atoms with E-state index in [-0.39, 0.29) is 11.4 Å². The Bertz CT molecular complexity index is 709. The number of carbonyl (C=O) groups is 4. The lowest BCUT2D eigenvalue weighted by Gasteiger charge is -2.16. The minimum absolute atomic E-state index is 0.0308. The van der Waals surface area contributed by atoms with Gasteiger partial charge in [-0.1, -0.05) is 0 Å². The van der Waals surface area contributed by atoms with Gasteiger partial charge in [-0.3, -0.25) is 4.79 Å². The summed E-state index contributed by atoms with van der Waals surface area (Å²) in [7, 11) is 0. The average Bonchev–Trinajstić information content (AvgIpc) is 2.79. The maximum absolute atomic E-state index is 11.9. The van der Waals surface area contributed by atoms with Crippen LogP contribution in [0.1, 0.15) is 38.2 Å². The van der Waals surface area contributed by atoms with Crippen LogP contribution in [0.15, 0.2) is 10.4 Å². The monoisotopic (exact) mass is 344 g/mol. The third kappa shape index (κ3) is 5.02. The highest BCUT2D eigenvalue weighted by molar-refractivity contribution is 7.07. The molecule has 1 rings (SSSR count). The first kappa shape index (κ1) is 18.6. The molecule has 0 saturated heterocycles. The van der Waals surface area contributed by atoms with E-state index >= 15 is 0 Å². The number of nitrogens with zero attached hydrogens (tertiary/aromatic N) is 2. The van der Waals surface area contributed by atoms with Crippen LogP contribution in [0.4, 0.5) is 9.59 Å². The Morgan fingerprint density at radius 2 is 1.91 bits per heavy atom. The van der Waals surface area contributed by atoms with E-state index in [1.54, 1.807) is 20.8 Å². The number of hydrogen-bond donors (Lipinski definition) is 1. The van der Waals surface area contributed by atoms with Crippen molar-refractivity contribution in [2.75, 3.05) is 6.61 Å². The Balaban J connectivity index is 3.28. The molecule has 0 unspecified atom stereocenters. The van der Waals surface area contributed by atoms with Crippen molar-refractivity contribution in [2.24, 2.45) is 4.99 Å². The lowest BCUT2D eigenvalue weighted by Crippen LogP contribution is -2.30. The van der Waals surface area contributed by atoms with Gasteiger partial charge >= 0.3 is 18.2 Å². The van der Waals surface area contributed by atoms with Crippen molar-refractivity contribution < 1.29 is 33.8 Å². The van der Waals surface area contributed by atoms with Crippen LogP contribution in [0.25, 0.3) is 0 Å². The summed E-state index contributed by atoms with van der Waals surface area (Å²) in [6.45, 7) is 6.34. The van der Waals surface area contributed by atoms with Crippen molar-refractivity contribution in [1.82, 2.24) is 4.57 Å². The van der Waals surface area contributed by atoms with Crippen LogP contribution in [0, 0.1) is 0 Å². The molecule has 0 atom stereocenters. The van der Waals surface area contributed by atoms with Crippen LogP contribution in [0.5, 0.6) is 0 Å². The molecular weight excluding hydrogens is 328 g/mol. The Morgan fingerprint density at radius 1 is 1.30 bits per heavy atom. The molecule has 9 nitrogen and oxygen atoms in total. The number of ether oxygens (including phenoxy) is 2. The van der Waals surface area contributed by atoms with Crippen molar-refractivity contribution in [3.05, 3.63) is 15.9 Å². The van der Waals surface area contributed by atoms with Crippen molar-refractivity contribution in [3.63, 3.8) is 0 Å². The number of carboxylic acid groups (broad SMARTS) is 1. The van der Waals surface area contributed by atoms with Crippen molar-refractivity contribution in [1.29, 1.82) is 0 Å². The van der Waals surface area contributed by atoms with Gasteiger partial charge in [0, 0.05) is 5.38 Å². The van der Waals surface area contributed by atoms with Gasteiger partial charge in [0.2, 0.25) is 4.80 Å². The van der Waals surface area contributed by atoms with Gasteiger partial charge in [0.25, 0.3) is 5.78 Å². The molecule has 0 aliphatic heterocycles. The second-order valence-electron chi connectivity index (χ2n) is 5.16. The normalized spacial score (nSPS) is 11.9. The van der Waals surface area contributed by atoms with Crippen LogP contribution < -0.4 is 4.80 Å². The van der Waals surface area contributed by atoms with E-state index in [0.29, 0.717) is 15.9 Å². The van der Waals surface area contributed by atoms with Crippen LogP contribution in [0.3, 0.4) is 0 Å². The summed E-state index contributed by atoms with van der Waals surface area (Å²) in [4.78, 5) is 49.5. The fraction of sp³-hybridized carbons (Fsp3) is 0.462. The van der Waals surface area contributed by atoms with E-state index < -0.39 is 35.2 Å². The number of rotatable bonds is 3. The van der Waals surface area contributed by atoms with E-state index in [0.717, 1.165) is 5.38 Å². The summed E-state index contributed by atoms with van der Waals surface area (Å²) >= 11 is 0.709. The molecule has 0 spiro atoms. The molecule has 0 aliphatic carbocycles. The lowest BCUT2D eigenvalue weighted by atomic mass is 10.2. The number of carbonyl (C=O) groups excluding carboxylic acids is 3. The molecular formula is C13H16N2O7S. The third-order valence-corrected chi connectivity index (χ3v) is 3.00. The zero-order valence-corrected chi connectivity index (χ0v) is 13.8. The highest BCUT2D eigenvalue weighted by atomic mass is 32.1. The Labute approximate surface area is 135 Å². The molecule has 1 amide bonds. The zero-order valence-electron chi connectivity index (χ0n) is 13.0. The molecule has 0 saturated carbocycles. The van der Waals surface area contributed by atoms with E-state index in [2.05, 4.69) is 9.73 Å². The maximum atomic E-state index is 11.9. The summed E-state index contributed by atoms with van der Waals surface area (Å²) in [6, 6.07) is 0. The predicted octanol–water partition coefficient (Wildman–Crippen LogP) is 1.66. The van der Waals surface area contributed by atoms with Crippen molar-refractivity contribution in [2.45, 2.75) is 33.3 Å². The summed E-state index contributed by atoms with van der Waals surface area (Å²) in [6.07, 6.45) is -2.58. The number of esters is 1. The molecule has 23 heavy (non-hydrogen) atoms. The van der Waals surface area contributed by atoms with Crippen LogP contribution >= 0.6 is 11.3 Å². The average molecular weight is 344 g/mol. The van der Waals surface area contributed by atoms with Gasteiger partial charge in [-0.2, -0.15) is 0 Å². The van der Waals surface area contributed by atoms with Gasteiger partial charge < -0.3 is 14.6 Å².